The molecule has 1 fully saturated rings. The molecular formula is C12H22N2O4. The number of nitrogens with zero attached hydrogens (tertiary/aromatic N) is 1. The first-order chi connectivity index (χ1) is 8.55. The maximum Gasteiger partial charge on any atom is 0.325 e. The quantitative estimate of drug-likeness (QED) is 0.682. The van der Waals surface area contributed by atoms with Gasteiger partial charge in [-0.25, -0.2) is 0 Å². The molecule has 0 aromatic rings. The first kappa shape index (κ1) is 14.9. The van der Waals surface area contributed by atoms with E-state index in [1.165, 1.54) is 12.0 Å². The summed E-state index contributed by atoms with van der Waals surface area (Å²) < 4.78 is 9.77. The van der Waals surface area contributed by atoms with Crippen LogP contribution in [0.4, 0.5) is 0 Å². The van der Waals surface area contributed by atoms with Crippen molar-refractivity contribution < 1.29 is 19.1 Å². The number of nitrogens with one attached hydrogen (secondary N) is 1. The van der Waals surface area contributed by atoms with E-state index < -0.39 is 11.4 Å². The number of methoxy groups -OCH3 is 2. The summed E-state index contributed by atoms with van der Waals surface area (Å²) in [5.41, 5.74) is -0.511. The zero-order valence-electron chi connectivity index (χ0n) is 11.3. The molecule has 0 spiro atoms. The molecule has 0 radical (unpaired) electrons. The molecule has 104 valence electrons. The number of piperidine rings is 1. The monoisotopic (exact) mass is 258 g/mol. The summed E-state index contributed by atoms with van der Waals surface area (Å²) in [5.74, 6) is -0.455. The number of amides is 1. The fraction of sp³-hybridized carbons (Fsp3) is 0.833. The lowest BCUT2D eigenvalue weighted by atomic mass is 9.78. The van der Waals surface area contributed by atoms with Gasteiger partial charge in [-0.3, -0.25) is 9.59 Å². The van der Waals surface area contributed by atoms with E-state index in [9.17, 15) is 9.59 Å². The molecule has 0 saturated carbocycles. The fourth-order valence-electron chi connectivity index (χ4n) is 2.34. The predicted molar refractivity (Wildman–Crippen MR) is 66.1 cm³/mol. The standard InChI is InChI=1S/C12H22N2O4/c1-14(8-10(15)18-3)11(16)12(9-17-2)4-6-13-7-5-12/h13H,4-9H2,1-3H3. The van der Waals surface area contributed by atoms with Crippen LogP contribution >= 0.6 is 0 Å². The van der Waals surface area contributed by atoms with Gasteiger partial charge in [0.05, 0.1) is 19.1 Å². The normalized spacial score (nSPS) is 18.2. The van der Waals surface area contributed by atoms with Gasteiger partial charge in [0.15, 0.2) is 0 Å². The van der Waals surface area contributed by atoms with Crippen LogP contribution in [0.2, 0.25) is 0 Å². The Balaban J connectivity index is 2.72. The Morgan fingerprint density at radius 1 is 1.28 bits per heavy atom. The Kier molecular flexibility index (Phi) is 5.55. The molecule has 1 rings (SSSR count). The van der Waals surface area contributed by atoms with Crippen LogP contribution in [0.5, 0.6) is 0 Å². The van der Waals surface area contributed by atoms with Gasteiger partial charge >= 0.3 is 5.97 Å². The van der Waals surface area contributed by atoms with Crippen molar-refractivity contribution in [2.45, 2.75) is 12.8 Å². The van der Waals surface area contributed by atoms with E-state index in [0.29, 0.717) is 6.61 Å². The SMILES string of the molecule is COCC1(C(=O)N(C)CC(=O)OC)CCNCC1. The average molecular weight is 258 g/mol. The van der Waals surface area contributed by atoms with Gasteiger partial charge in [0.25, 0.3) is 0 Å². The zero-order valence-corrected chi connectivity index (χ0v) is 11.3. The number of esters is 1. The van der Waals surface area contributed by atoms with Crippen molar-refractivity contribution in [3.63, 3.8) is 0 Å². The lowest BCUT2D eigenvalue weighted by Crippen LogP contribution is -2.51. The van der Waals surface area contributed by atoms with E-state index in [0.717, 1.165) is 25.9 Å². The number of ether oxygens (including phenoxy) is 2. The summed E-state index contributed by atoms with van der Waals surface area (Å²) in [7, 11) is 4.53. The molecule has 0 aromatic carbocycles. The smallest absolute Gasteiger partial charge is 0.325 e. The highest BCUT2D eigenvalue weighted by molar-refractivity contribution is 5.86. The number of carbonyl (C=O) groups excluding carboxylic acids is 2. The van der Waals surface area contributed by atoms with E-state index in [1.807, 2.05) is 0 Å². The van der Waals surface area contributed by atoms with E-state index in [1.54, 1.807) is 14.2 Å². The largest absolute Gasteiger partial charge is 0.468 e. The number of rotatable bonds is 5. The molecule has 18 heavy (non-hydrogen) atoms. The van der Waals surface area contributed by atoms with Crippen molar-refractivity contribution in [2.75, 3.05) is 47.5 Å². The Labute approximate surface area is 108 Å². The van der Waals surface area contributed by atoms with Crippen LogP contribution in [0, 0.1) is 5.41 Å². The molecule has 1 amide bonds. The maximum absolute atomic E-state index is 12.5. The minimum absolute atomic E-state index is 0.0196. The molecule has 6 heteroatoms. The molecular weight excluding hydrogens is 236 g/mol. The second-order valence-corrected chi connectivity index (χ2v) is 4.70. The highest BCUT2D eigenvalue weighted by Crippen LogP contribution is 2.31. The lowest BCUT2D eigenvalue weighted by Gasteiger charge is -2.38. The molecule has 0 aliphatic carbocycles. The van der Waals surface area contributed by atoms with Crippen LogP contribution in [-0.4, -0.2) is 64.3 Å². The van der Waals surface area contributed by atoms with E-state index in [-0.39, 0.29) is 12.5 Å². The van der Waals surface area contributed by atoms with Crippen molar-refractivity contribution in [1.29, 1.82) is 0 Å². The Morgan fingerprint density at radius 3 is 2.39 bits per heavy atom. The predicted octanol–water partition coefficient (Wildman–Crippen LogP) is -0.366. The minimum atomic E-state index is -0.511. The van der Waals surface area contributed by atoms with Crippen molar-refractivity contribution in [3.05, 3.63) is 0 Å². The molecule has 0 unspecified atom stereocenters. The summed E-state index contributed by atoms with van der Waals surface area (Å²) in [6.45, 7) is 1.95. The topological polar surface area (TPSA) is 67.9 Å². The summed E-state index contributed by atoms with van der Waals surface area (Å²) >= 11 is 0. The Bertz CT molecular complexity index is 295. The highest BCUT2D eigenvalue weighted by atomic mass is 16.5. The van der Waals surface area contributed by atoms with Crippen molar-refractivity contribution in [3.8, 4) is 0 Å². The third kappa shape index (κ3) is 3.43. The molecule has 1 saturated heterocycles. The Hall–Kier alpha value is -1.14. The van der Waals surface area contributed by atoms with Crippen molar-refractivity contribution in [2.24, 2.45) is 5.41 Å². The number of hydrogen-bond donors (Lipinski definition) is 1. The minimum Gasteiger partial charge on any atom is -0.468 e. The number of hydrogen-bond acceptors (Lipinski definition) is 5. The van der Waals surface area contributed by atoms with E-state index >= 15 is 0 Å². The fourth-order valence-corrected chi connectivity index (χ4v) is 2.34. The maximum atomic E-state index is 12.5. The third-order valence-electron chi connectivity index (χ3n) is 3.38. The van der Waals surface area contributed by atoms with Gasteiger partial charge < -0.3 is 19.7 Å². The van der Waals surface area contributed by atoms with Gasteiger partial charge in [0.1, 0.15) is 6.54 Å². The summed E-state index contributed by atoms with van der Waals surface area (Å²) in [6.07, 6.45) is 1.45. The third-order valence-corrected chi connectivity index (χ3v) is 3.38. The highest BCUT2D eigenvalue weighted by Gasteiger charge is 2.41. The van der Waals surface area contributed by atoms with Crippen LogP contribution in [0.25, 0.3) is 0 Å². The van der Waals surface area contributed by atoms with Crippen molar-refractivity contribution >= 4 is 11.9 Å². The molecule has 0 atom stereocenters. The van der Waals surface area contributed by atoms with Crippen LogP contribution < -0.4 is 5.32 Å². The lowest BCUT2D eigenvalue weighted by molar-refractivity contribution is -0.153. The van der Waals surface area contributed by atoms with Crippen LogP contribution in [0.15, 0.2) is 0 Å². The zero-order chi connectivity index (χ0) is 13.6. The Morgan fingerprint density at radius 2 is 1.89 bits per heavy atom. The molecule has 1 N–H and O–H groups in total. The number of carbonyl (C=O) groups is 2. The average Bonchev–Trinajstić information content (AvgIpc) is 2.39. The summed E-state index contributed by atoms with van der Waals surface area (Å²) in [5, 5.41) is 3.23. The summed E-state index contributed by atoms with van der Waals surface area (Å²) in [6, 6.07) is 0. The molecule has 6 nitrogen and oxygen atoms in total. The van der Waals surface area contributed by atoms with Gasteiger partial charge in [-0.05, 0) is 25.9 Å². The molecule has 1 aliphatic heterocycles. The molecule has 0 bridgehead atoms. The van der Waals surface area contributed by atoms with E-state index in [4.69, 9.17) is 4.74 Å². The van der Waals surface area contributed by atoms with Gasteiger partial charge in [0.2, 0.25) is 5.91 Å². The second-order valence-electron chi connectivity index (χ2n) is 4.70. The van der Waals surface area contributed by atoms with Gasteiger partial charge in [-0.15, -0.1) is 0 Å². The summed E-state index contributed by atoms with van der Waals surface area (Å²) in [4.78, 5) is 25.1. The van der Waals surface area contributed by atoms with E-state index in [2.05, 4.69) is 10.1 Å². The van der Waals surface area contributed by atoms with Crippen LogP contribution in [-0.2, 0) is 19.1 Å². The second kappa shape index (κ2) is 6.70. The van der Waals surface area contributed by atoms with Gasteiger partial charge in [0, 0.05) is 14.2 Å². The molecule has 1 heterocycles. The van der Waals surface area contributed by atoms with Gasteiger partial charge in [-0.2, -0.15) is 0 Å². The first-order valence-electron chi connectivity index (χ1n) is 6.08. The van der Waals surface area contributed by atoms with Gasteiger partial charge in [-0.1, -0.05) is 0 Å². The van der Waals surface area contributed by atoms with Crippen LogP contribution in [0.3, 0.4) is 0 Å². The molecule has 0 aromatic heterocycles. The first-order valence-corrected chi connectivity index (χ1v) is 6.08. The number of likely N-dealkylation sites (N-methyl/N-ethyl adjacent to an activating group) is 1. The van der Waals surface area contributed by atoms with Crippen LogP contribution in [0.1, 0.15) is 12.8 Å². The van der Waals surface area contributed by atoms with Crippen molar-refractivity contribution in [1.82, 2.24) is 10.2 Å². The molecule has 1 aliphatic rings.